The molecule has 0 amide bonds. The maximum absolute atomic E-state index is 11.9. The first kappa shape index (κ1) is 19.0. The molecule has 0 radical (unpaired) electrons. The summed E-state index contributed by atoms with van der Waals surface area (Å²) in [5.74, 6) is -0.0540. The summed E-state index contributed by atoms with van der Waals surface area (Å²) in [6, 6.07) is 18.0. The minimum Gasteiger partial charge on any atom is -0.324 e. The quantitative estimate of drug-likeness (QED) is 0.608. The molecule has 0 saturated carbocycles. The van der Waals surface area contributed by atoms with Crippen LogP contribution in [0.5, 0.6) is 0 Å². The molecule has 2 N–H and O–H groups in total. The predicted octanol–water partition coefficient (Wildman–Crippen LogP) is 2.64. The molecular weight excluding hydrogens is 336 g/mol. The van der Waals surface area contributed by atoms with Crippen molar-refractivity contribution in [1.82, 2.24) is 9.91 Å². The molecule has 0 aromatic heterocycles. The third-order valence-corrected chi connectivity index (χ3v) is 4.64. The summed E-state index contributed by atoms with van der Waals surface area (Å²) in [5, 5.41) is 6.61. The number of benzene rings is 2. The van der Waals surface area contributed by atoms with E-state index in [0.29, 0.717) is 5.56 Å². The van der Waals surface area contributed by atoms with Gasteiger partial charge in [-0.3, -0.25) is 14.7 Å². The molecule has 0 spiro atoms. The molecule has 1 aliphatic rings. The van der Waals surface area contributed by atoms with Crippen molar-refractivity contribution in [1.29, 1.82) is 0 Å². The van der Waals surface area contributed by atoms with Gasteiger partial charge in [0.15, 0.2) is 5.78 Å². The fourth-order valence-electron chi connectivity index (χ4n) is 3.14. The van der Waals surface area contributed by atoms with Gasteiger partial charge in [0.25, 0.3) is 0 Å². The number of nitrogens with zero attached hydrogens (tertiary/aromatic N) is 3. The Morgan fingerprint density at radius 2 is 1.70 bits per heavy atom. The van der Waals surface area contributed by atoms with Gasteiger partial charge < -0.3 is 5.73 Å². The minimum absolute atomic E-state index is 0.0200. The van der Waals surface area contributed by atoms with E-state index in [-0.39, 0.29) is 12.3 Å². The zero-order valence-electron chi connectivity index (χ0n) is 15.5. The SMILES string of the molecule is NCC(=O)c1ccccc1/C=C/C=N/N1CCN(Cc2ccccc2)CC1. The number of allylic oxidation sites excluding steroid dienone is 1. The molecule has 27 heavy (non-hydrogen) atoms. The second kappa shape index (κ2) is 9.80. The Labute approximate surface area is 160 Å². The minimum atomic E-state index is -0.0540. The Hall–Kier alpha value is -2.76. The van der Waals surface area contributed by atoms with Gasteiger partial charge in [0.05, 0.1) is 6.54 Å². The molecule has 0 bridgehead atoms. The highest BCUT2D eigenvalue weighted by molar-refractivity contribution is 6.01. The average Bonchev–Trinajstić information content (AvgIpc) is 2.73. The molecule has 0 atom stereocenters. The van der Waals surface area contributed by atoms with Crippen LogP contribution in [0.4, 0.5) is 0 Å². The number of hydrazone groups is 1. The van der Waals surface area contributed by atoms with E-state index in [1.54, 1.807) is 12.3 Å². The van der Waals surface area contributed by atoms with Crippen LogP contribution in [0.15, 0.2) is 65.8 Å². The van der Waals surface area contributed by atoms with E-state index in [0.717, 1.165) is 38.3 Å². The second-order valence-electron chi connectivity index (χ2n) is 6.55. The highest BCUT2D eigenvalue weighted by Crippen LogP contribution is 2.11. The van der Waals surface area contributed by atoms with Crippen molar-refractivity contribution in [2.75, 3.05) is 32.7 Å². The summed E-state index contributed by atoms with van der Waals surface area (Å²) >= 11 is 0. The van der Waals surface area contributed by atoms with Gasteiger partial charge in [0.1, 0.15) is 0 Å². The number of hydrogen-bond acceptors (Lipinski definition) is 5. The van der Waals surface area contributed by atoms with Crippen molar-refractivity contribution < 1.29 is 4.79 Å². The van der Waals surface area contributed by atoms with Crippen LogP contribution in [0.3, 0.4) is 0 Å². The predicted molar refractivity (Wildman–Crippen MR) is 111 cm³/mol. The molecule has 5 heteroatoms. The van der Waals surface area contributed by atoms with Crippen molar-refractivity contribution in [3.8, 4) is 0 Å². The van der Waals surface area contributed by atoms with E-state index in [4.69, 9.17) is 5.73 Å². The molecule has 0 aliphatic carbocycles. The summed E-state index contributed by atoms with van der Waals surface area (Å²) in [6.45, 7) is 4.85. The van der Waals surface area contributed by atoms with Gasteiger partial charge in [-0.1, -0.05) is 60.7 Å². The molecule has 1 aliphatic heterocycles. The highest BCUT2D eigenvalue weighted by atomic mass is 16.1. The molecule has 1 fully saturated rings. The van der Waals surface area contributed by atoms with E-state index in [9.17, 15) is 4.79 Å². The van der Waals surface area contributed by atoms with E-state index < -0.39 is 0 Å². The van der Waals surface area contributed by atoms with Crippen LogP contribution in [0.2, 0.25) is 0 Å². The van der Waals surface area contributed by atoms with Gasteiger partial charge in [-0.2, -0.15) is 5.10 Å². The summed E-state index contributed by atoms with van der Waals surface area (Å²) in [4.78, 5) is 14.3. The number of nitrogens with two attached hydrogens (primary N) is 1. The van der Waals surface area contributed by atoms with Gasteiger partial charge in [0.2, 0.25) is 0 Å². The lowest BCUT2D eigenvalue weighted by Crippen LogP contribution is -2.43. The van der Waals surface area contributed by atoms with Crippen LogP contribution in [-0.2, 0) is 6.54 Å². The van der Waals surface area contributed by atoms with Crippen molar-refractivity contribution in [2.24, 2.45) is 10.8 Å². The van der Waals surface area contributed by atoms with Crippen molar-refractivity contribution >= 4 is 18.1 Å². The number of carbonyl (C=O) groups is 1. The van der Waals surface area contributed by atoms with E-state index >= 15 is 0 Å². The Kier molecular flexibility index (Phi) is 6.90. The first-order chi connectivity index (χ1) is 13.3. The lowest BCUT2D eigenvalue weighted by Gasteiger charge is -2.32. The van der Waals surface area contributed by atoms with Crippen LogP contribution < -0.4 is 5.73 Å². The Morgan fingerprint density at radius 3 is 2.44 bits per heavy atom. The molecule has 1 heterocycles. The van der Waals surface area contributed by atoms with Crippen LogP contribution in [0.1, 0.15) is 21.5 Å². The van der Waals surface area contributed by atoms with Crippen LogP contribution in [0.25, 0.3) is 6.08 Å². The standard InChI is InChI=1S/C22H26N4O/c23-17-22(27)21-11-5-4-9-20(21)10-6-12-24-26-15-13-25(14-16-26)18-19-7-2-1-3-8-19/h1-12H,13-18,23H2/b10-6+,24-12+. The molecule has 0 unspecified atom stereocenters. The molecule has 3 rings (SSSR count). The lowest BCUT2D eigenvalue weighted by molar-refractivity contribution is 0.100. The molecule has 2 aromatic carbocycles. The van der Waals surface area contributed by atoms with Gasteiger partial charge in [-0.15, -0.1) is 0 Å². The normalized spacial score (nSPS) is 15.7. The maximum Gasteiger partial charge on any atom is 0.176 e. The zero-order valence-corrected chi connectivity index (χ0v) is 15.5. The largest absolute Gasteiger partial charge is 0.324 e. The fourth-order valence-corrected chi connectivity index (χ4v) is 3.14. The number of ketones is 1. The number of carbonyl (C=O) groups excluding carboxylic acids is 1. The van der Waals surface area contributed by atoms with E-state index in [2.05, 4.69) is 39.3 Å². The topological polar surface area (TPSA) is 61.9 Å². The summed E-state index contributed by atoms with van der Waals surface area (Å²) in [6.07, 6.45) is 5.56. The zero-order chi connectivity index (χ0) is 18.9. The Balaban J connectivity index is 1.49. The second-order valence-corrected chi connectivity index (χ2v) is 6.55. The molecular formula is C22H26N4O. The van der Waals surface area contributed by atoms with Crippen molar-refractivity contribution in [3.63, 3.8) is 0 Å². The van der Waals surface area contributed by atoms with Crippen LogP contribution in [-0.4, -0.2) is 54.6 Å². The third kappa shape index (κ3) is 5.61. The van der Waals surface area contributed by atoms with Crippen LogP contribution >= 0.6 is 0 Å². The van der Waals surface area contributed by atoms with Crippen molar-refractivity contribution in [3.05, 3.63) is 77.4 Å². The first-order valence-corrected chi connectivity index (χ1v) is 9.30. The van der Waals surface area contributed by atoms with Gasteiger partial charge in [0, 0.05) is 44.5 Å². The summed E-state index contributed by atoms with van der Waals surface area (Å²) in [5.41, 5.74) is 8.34. The maximum atomic E-state index is 11.9. The van der Waals surface area contributed by atoms with Gasteiger partial charge in [-0.05, 0) is 17.2 Å². The molecule has 5 nitrogen and oxygen atoms in total. The number of Topliss-reactive ketones (excluding diaryl/α,β-unsaturated/α-hetero) is 1. The Bertz CT molecular complexity index is 793. The van der Waals surface area contributed by atoms with Crippen molar-refractivity contribution in [2.45, 2.75) is 6.54 Å². The summed E-state index contributed by atoms with van der Waals surface area (Å²) in [7, 11) is 0. The average molecular weight is 362 g/mol. The number of piperazine rings is 1. The molecule has 2 aromatic rings. The van der Waals surface area contributed by atoms with Crippen LogP contribution in [0, 0.1) is 0 Å². The van der Waals surface area contributed by atoms with Gasteiger partial charge in [-0.25, -0.2) is 0 Å². The summed E-state index contributed by atoms with van der Waals surface area (Å²) < 4.78 is 0. The fraction of sp³-hybridized carbons (Fsp3) is 0.273. The van der Waals surface area contributed by atoms with E-state index in [1.165, 1.54) is 5.56 Å². The smallest absolute Gasteiger partial charge is 0.176 e. The molecule has 1 saturated heterocycles. The van der Waals surface area contributed by atoms with E-state index in [1.807, 2.05) is 36.4 Å². The monoisotopic (exact) mass is 362 g/mol. The Morgan fingerprint density at radius 1 is 1.00 bits per heavy atom. The first-order valence-electron chi connectivity index (χ1n) is 9.30. The third-order valence-electron chi connectivity index (χ3n) is 4.64. The lowest BCUT2D eigenvalue weighted by atomic mass is 10.0. The van der Waals surface area contributed by atoms with Gasteiger partial charge >= 0.3 is 0 Å². The number of rotatable bonds is 7. The molecule has 140 valence electrons. The highest BCUT2D eigenvalue weighted by Gasteiger charge is 2.15. The number of hydrogen-bond donors (Lipinski definition) is 1.